The number of ether oxygens (including phenoxy) is 1. The fraction of sp³-hybridized carbons (Fsp3) is 0.333. The number of aliphatic hydroxyl groups is 1. The number of non-ortho nitro benzene ring substituents is 1. The van der Waals surface area contributed by atoms with Crippen LogP contribution in [0, 0.1) is 10.1 Å². The molecule has 0 radical (unpaired) electrons. The molecule has 1 aromatic rings. The first-order chi connectivity index (χ1) is 9.51. The molecule has 1 amide bonds. The van der Waals surface area contributed by atoms with Crippen LogP contribution >= 0.6 is 0 Å². The minimum Gasteiger partial charge on any atom is -0.464 e. The van der Waals surface area contributed by atoms with Gasteiger partial charge in [-0.3, -0.25) is 14.9 Å². The van der Waals surface area contributed by atoms with Crippen molar-refractivity contribution in [1.29, 1.82) is 0 Å². The zero-order chi connectivity index (χ0) is 15.1. The molecule has 1 aromatic carbocycles. The largest absolute Gasteiger partial charge is 0.464 e. The number of carbonyl (C=O) groups is 2. The molecule has 0 aliphatic carbocycles. The molecule has 0 heterocycles. The summed E-state index contributed by atoms with van der Waals surface area (Å²) in [6.07, 6.45) is -1.19. The quantitative estimate of drug-likeness (QED) is 0.321. The van der Waals surface area contributed by atoms with E-state index in [-0.39, 0.29) is 24.3 Å². The van der Waals surface area contributed by atoms with Gasteiger partial charge in [0.15, 0.2) is 6.04 Å². The van der Waals surface area contributed by atoms with Crippen molar-refractivity contribution in [2.75, 3.05) is 6.61 Å². The average molecular weight is 282 g/mol. The van der Waals surface area contributed by atoms with Crippen molar-refractivity contribution in [2.45, 2.75) is 19.1 Å². The fourth-order valence-corrected chi connectivity index (χ4v) is 1.61. The molecule has 0 saturated heterocycles. The summed E-state index contributed by atoms with van der Waals surface area (Å²) < 4.78 is 4.72. The number of nitrogens with zero attached hydrogens (tertiary/aromatic N) is 1. The monoisotopic (exact) mass is 282 g/mol. The molecule has 2 atom stereocenters. The van der Waals surface area contributed by atoms with Crippen molar-refractivity contribution >= 4 is 18.1 Å². The van der Waals surface area contributed by atoms with Gasteiger partial charge in [-0.15, -0.1) is 0 Å². The van der Waals surface area contributed by atoms with Crippen LogP contribution in [-0.4, -0.2) is 35.1 Å². The van der Waals surface area contributed by atoms with E-state index in [0.717, 1.165) is 6.07 Å². The van der Waals surface area contributed by atoms with E-state index in [0.29, 0.717) is 0 Å². The molecule has 2 unspecified atom stereocenters. The summed E-state index contributed by atoms with van der Waals surface area (Å²) in [5, 5.41) is 22.9. The summed E-state index contributed by atoms with van der Waals surface area (Å²) in [6.45, 7) is 1.66. The van der Waals surface area contributed by atoms with Crippen molar-refractivity contribution in [1.82, 2.24) is 5.32 Å². The number of carbonyl (C=O) groups excluding carboxylic acids is 2. The Bertz CT molecular complexity index is 504. The zero-order valence-electron chi connectivity index (χ0n) is 10.7. The summed E-state index contributed by atoms with van der Waals surface area (Å²) in [5.41, 5.74) is -0.0955. The molecule has 0 saturated carbocycles. The van der Waals surface area contributed by atoms with Crippen LogP contribution in [0.15, 0.2) is 24.3 Å². The number of amides is 1. The summed E-state index contributed by atoms with van der Waals surface area (Å²) >= 11 is 0. The molecule has 8 nitrogen and oxygen atoms in total. The molecule has 0 aliphatic heterocycles. The number of aliphatic hydroxyl groups excluding tert-OH is 1. The van der Waals surface area contributed by atoms with Gasteiger partial charge in [-0.1, -0.05) is 12.1 Å². The maximum atomic E-state index is 11.6. The number of nitro groups is 1. The molecule has 0 fully saturated rings. The van der Waals surface area contributed by atoms with Crippen LogP contribution in [-0.2, 0) is 14.3 Å². The van der Waals surface area contributed by atoms with E-state index in [9.17, 15) is 24.8 Å². The molecule has 0 spiro atoms. The van der Waals surface area contributed by atoms with Crippen molar-refractivity contribution in [3.63, 3.8) is 0 Å². The van der Waals surface area contributed by atoms with Crippen LogP contribution in [0.25, 0.3) is 0 Å². The Hall–Kier alpha value is -2.48. The highest BCUT2D eigenvalue weighted by Gasteiger charge is 2.29. The molecular weight excluding hydrogens is 268 g/mol. The predicted octanol–water partition coefficient (Wildman–Crippen LogP) is 0.306. The number of benzene rings is 1. The topological polar surface area (TPSA) is 119 Å². The first-order valence-electron chi connectivity index (χ1n) is 5.80. The SMILES string of the molecule is CCOC(=O)C(NC=O)C(O)c1cccc([N+](=O)[O-])c1. The highest BCUT2D eigenvalue weighted by molar-refractivity contribution is 5.79. The number of esters is 1. The molecule has 0 aliphatic rings. The number of nitrogens with one attached hydrogen (secondary N) is 1. The van der Waals surface area contributed by atoms with E-state index in [1.165, 1.54) is 18.2 Å². The van der Waals surface area contributed by atoms with Crippen LogP contribution in [0.3, 0.4) is 0 Å². The second kappa shape index (κ2) is 7.19. The van der Waals surface area contributed by atoms with Gasteiger partial charge in [0.2, 0.25) is 6.41 Å². The third-order valence-corrected chi connectivity index (χ3v) is 2.53. The third kappa shape index (κ3) is 3.75. The Labute approximate surface area is 114 Å². The molecule has 0 aromatic heterocycles. The molecule has 2 N–H and O–H groups in total. The van der Waals surface area contributed by atoms with Gasteiger partial charge >= 0.3 is 5.97 Å². The minimum atomic E-state index is -1.45. The predicted molar refractivity (Wildman–Crippen MR) is 67.7 cm³/mol. The van der Waals surface area contributed by atoms with Gasteiger partial charge in [-0.25, -0.2) is 4.79 Å². The van der Waals surface area contributed by atoms with Gasteiger partial charge in [-0.2, -0.15) is 0 Å². The van der Waals surface area contributed by atoms with Gasteiger partial charge in [0, 0.05) is 12.1 Å². The third-order valence-electron chi connectivity index (χ3n) is 2.53. The number of rotatable bonds is 7. The summed E-state index contributed by atoms with van der Waals surface area (Å²) in [6, 6.07) is 3.84. The lowest BCUT2D eigenvalue weighted by atomic mass is 10.0. The molecule has 20 heavy (non-hydrogen) atoms. The molecule has 0 bridgehead atoms. The minimum absolute atomic E-state index is 0.0809. The fourth-order valence-electron chi connectivity index (χ4n) is 1.61. The summed E-state index contributed by atoms with van der Waals surface area (Å²) in [5.74, 6) is -0.821. The van der Waals surface area contributed by atoms with Gasteiger partial charge in [-0.05, 0) is 12.5 Å². The van der Waals surface area contributed by atoms with E-state index < -0.39 is 23.0 Å². The smallest absolute Gasteiger partial charge is 0.331 e. The van der Waals surface area contributed by atoms with Gasteiger partial charge in [0.1, 0.15) is 6.10 Å². The van der Waals surface area contributed by atoms with Crippen molar-refractivity contribution in [3.8, 4) is 0 Å². The van der Waals surface area contributed by atoms with E-state index in [1.54, 1.807) is 6.92 Å². The Morgan fingerprint density at radius 3 is 2.85 bits per heavy atom. The maximum Gasteiger partial charge on any atom is 0.331 e. The van der Waals surface area contributed by atoms with E-state index in [4.69, 9.17) is 4.74 Å². The Morgan fingerprint density at radius 1 is 1.60 bits per heavy atom. The first kappa shape index (κ1) is 15.6. The number of hydrogen-bond donors (Lipinski definition) is 2. The lowest BCUT2D eigenvalue weighted by Crippen LogP contribution is -2.42. The zero-order valence-corrected chi connectivity index (χ0v) is 10.7. The van der Waals surface area contributed by atoms with E-state index in [1.807, 2.05) is 0 Å². The summed E-state index contributed by atoms with van der Waals surface area (Å²) in [4.78, 5) is 32.2. The summed E-state index contributed by atoms with van der Waals surface area (Å²) in [7, 11) is 0. The van der Waals surface area contributed by atoms with Gasteiger partial charge in [0.05, 0.1) is 11.5 Å². The highest BCUT2D eigenvalue weighted by Crippen LogP contribution is 2.22. The first-order valence-corrected chi connectivity index (χ1v) is 5.80. The standard InChI is InChI=1S/C12H14N2O6/c1-2-20-12(17)10(13-7-15)11(16)8-4-3-5-9(6-8)14(18)19/h3-7,10-11,16H,2H2,1H3,(H,13,15). The second-order valence-electron chi connectivity index (χ2n) is 3.81. The number of hydrogen-bond acceptors (Lipinski definition) is 6. The van der Waals surface area contributed by atoms with E-state index >= 15 is 0 Å². The van der Waals surface area contributed by atoms with Crippen LogP contribution in [0.5, 0.6) is 0 Å². The molecule has 1 rings (SSSR count). The Kier molecular flexibility index (Phi) is 5.60. The average Bonchev–Trinajstić information content (AvgIpc) is 2.44. The maximum absolute atomic E-state index is 11.6. The number of nitro benzene ring substituents is 1. The lowest BCUT2D eigenvalue weighted by molar-refractivity contribution is -0.385. The van der Waals surface area contributed by atoms with Gasteiger partial charge < -0.3 is 15.2 Å². The molecule has 108 valence electrons. The van der Waals surface area contributed by atoms with Crippen molar-refractivity contribution in [2.24, 2.45) is 0 Å². The lowest BCUT2D eigenvalue weighted by Gasteiger charge is -2.20. The van der Waals surface area contributed by atoms with Crippen LogP contribution in [0.2, 0.25) is 0 Å². The van der Waals surface area contributed by atoms with Crippen LogP contribution in [0.1, 0.15) is 18.6 Å². The molecule has 8 heteroatoms. The van der Waals surface area contributed by atoms with Gasteiger partial charge in [0.25, 0.3) is 5.69 Å². The molecular formula is C12H14N2O6. The van der Waals surface area contributed by atoms with Crippen LogP contribution < -0.4 is 5.32 Å². The normalized spacial score (nSPS) is 13.1. The van der Waals surface area contributed by atoms with Crippen molar-refractivity contribution in [3.05, 3.63) is 39.9 Å². The second-order valence-corrected chi connectivity index (χ2v) is 3.81. The Morgan fingerprint density at radius 2 is 2.30 bits per heavy atom. The Balaban J connectivity index is 3.02. The van der Waals surface area contributed by atoms with Crippen molar-refractivity contribution < 1.29 is 24.4 Å². The van der Waals surface area contributed by atoms with Crippen LogP contribution in [0.4, 0.5) is 5.69 Å². The van der Waals surface area contributed by atoms with E-state index in [2.05, 4.69) is 5.32 Å². The highest BCUT2D eigenvalue weighted by atomic mass is 16.6.